The van der Waals surface area contributed by atoms with Crippen LogP contribution in [0, 0.1) is 0 Å². The molecule has 14 heavy (non-hydrogen) atoms. The summed E-state index contributed by atoms with van der Waals surface area (Å²) < 4.78 is 0. The molecule has 6 nitrogen and oxygen atoms in total. The van der Waals surface area contributed by atoms with Gasteiger partial charge in [-0.25, -0.2) is 4.79 Å². The third-order valence-corrected chi connectivity index (χ3v) is 2.92. The van der Waals surface area contributed by atoms with E-state index >= 15 is 0 Å². The smallest absolute Gasteiger partial charge is 0.322 e. The molecule has 1 aliphatic carbocycles. The molecule has 1 spiro atoms. The zero-order valence-electron chi connectivity index (χ0n) is 7.54. The highest BCUT2D eigenvalue weighted by molar-refractivity contribution is 6.07. The molecule has 0 aromatic heterocycles. The Morgan fingerprint density at radius 1 is 1.07 bits per heavy atom. The van der Waals surface area contributed by atoms with Gasteiger partial charge in [0.1, 0.15) is 5.54 Å². The number of nitrogens with one attached hydrogen (secondary N) is 2. The minimum atomic E-state index is -1.70. The molecule has 2 aliphatic rings. The van der Waals surface area contributed by atoms with Crippen molar-refractivity contribution in [1.82, 2.24) is 10.6 Å². The van der Waals surface area contributed by atoms with E-state index in [1.54, 1.807) is 0 Å². The fourth-order valence-corrected chi connectivity index (χ4v) is 1.96. The van der Waals surface area contributed by atoms with Crippen molar-refractivity contribution in [2.24, 2.45) is 0 Å². The van der Waals surface area contributed by atoms with Gasteiger partial charge in [0, 0.05) is 12.8 Å². The van der Waals surface area contributed by atoms with E-state index < -0.39 is 17.4 Å². The van der Waals surface area contributed by atoms with Gasteiger partial charge in [-0.15, -0.1) is 0 Å². The van der Waals surface area contributed by atoms with E-state index in [2.05, 4.69) is 10.6 Å². The Kier molecular flexibility index (Phi) is 1.80. The Hall–Kier alpha value is -1.14. The number of urea groups is 1. The first-order chi connectivity index (χ1) is 6.44. The zero-order valence-corrected chi connectivity index (χ0v) is 7.54. The van der Waals surface area contributed by atoms with Crippen molar-refractivity contribution >= 4 is 11.9 Å². The number of carbonyl (C=O) groups is 2. The highest BCUT2D eigenvalue weighted by atomic mass is 16.5. The molecule has 2 fully saturated rings. The van der Waals surface area contributed by atoms with E-state index in [9.17, 15) is 19.8 Å². The first-order valence-corrected chi connectivity index (χ1v) is 4.52. The molecule has 0 radical (unpaired) electrons. The van der Waals surface area contributed by atoms with Crippen LogP contribution in [0.2, 0.25) is 0 Å². The first-order valence-electron chi connectivity index (χ1n) is 4.52. The molecule has 78 valence electrons. The summed E-state index contributed by atoms with van der Waals surface area (Å²) in [7, 11) is 0. The fraction of sp³-hybridized carbons (Fsp3) is 0.750. The van der Waals surface area contributed by atoms with E-state index in [-0.39, 0.29) is 31.6 Å². The SMILES string of the molecule is O=C1NC(=O)C2(CCC(O)(O)CC2)N1. The van der Waals surface area contributed by atoms with Crippen molar-refractivity contribution in [2.45, 2.75) is 37.0 Å². The molecular formula is C8H12N2O4. The number of amides is 3. The molecule has 1 saturated heterocycles. The fourth-order valence-electron chi connectivity index (χ4n) is 1.96. The van der Waals surface area contributed by atoms with Crippen molar-refractivity contribution in [3.8, 4) is 0 Å². The Morgan fingerprint density at radius 3 is 2.07 bits per heavy atom. The van der Waals surface area contributed by atoms with Gasteiger partial charge in [-0.05, 0) is 12.8 Å². The van der Waals surface area contributed by atoms with Gasteiger partial charge in [0.25, 0.3) is 5.91 Å². The highest BCUT2D eigenvalue weighted by Crippen LogP contribution is 2.34. The van der Waals surface area contributed by atoms with Gasteiger partial charge in [0.2, 0.25) is 0 Å². The van der Waals surface area contributed by atoms with Crippen molar-refractivity contribution in [3.63, 3.8) is 0 Å². The minimum absolute atomic E-state index is 0.0979. The Bertz CT molecular complexity index is 290. The molecule has 3 amide bonds. The maximum atomic E-state index is 11.4. The zero-order chi connectivity index (χ0) is 10.4. The highest BCUT2D eigenvalue weighted by Gasteiger charge is 2.50. The molecule has 0 aromatic rings. The van der Waals surface area contributed by atoms with Crippen LogP contribution in [0.3, 0.4) is 0 Å². The van der Waals surface area contributed by atoms with Crippen LogP contribution in [0.25, 0.3) is 0 Å². The Labute approximate surface area is 80.3 Å². The summed E-state index contributed by atoms with van der Waals surface area (Å²) in [6.45, 7) is 0. The lowest BCUT2D eigenvalue weighted by molar-refractivity contribution is -0.189. The molecule has 6 heteroatoms. The molecule has 0 aromatic carbocycles. The third kappa shape index (κ3) is 1.36. The van der Waals surface area contributed by atoms with Crippen LogP contribution in [-0.2, 0) is 4.79 Å². The first kappa shape index (κ1) is 9.42. The van der Waals surface area contributed by atoms with E-state index in [0.29, 0.717) is 0 Å². The second-order valence-electron chi connectivity index (χ2n) is 3.97. The average molecular weight is 200 g/mol. The van der Waals surface area contributed by atoms with Crippen molar-refractivity contribution in [2.75, 3.05) is 0 Å². The molecule has 1 saturated carbocycles. The van der Waals surface area contributed by atoms with Crippen LogP contribution in [0.5, 0.6) is 0 Å². The van der Waals surface area contributed by atoms with Crippen molar-refractivity contribution < 1.29 is 19.8 Å². The molecule has 0 bridgehead atoms. The average Bonchev–Trinajstić information content (AvgIpc) is 2.35. The van der Waals surface area contributed by atoms with Crippen LogP contribution in [0.15, 0.2) is 0 Å². The summed E-state index contributed by atoms with van der Waals surface area (Å²) in [5, 5.41) is 23.3. The van der Waals surface area contributed by atoms with E-state index in [1.807, 2.05) is 0 Å². The molecular weight excluding hydrogens is 188 g/mol. The van der Waals surface area contributed by atoms with Crippen molar-refractivity contribution in [1.29, 1.82) is 0 Å². The lowest BCUT2D eigenvalue weighted by Crippen LogP contribution is -2.53. The maximum Gasteiger partial charge on any atom is 0.322 e. The van der Waals surface area contributed by atoms with Gasteiger partial charge in [0.15, 0.2) is 5.79 Å². The number of hydrogen-bond acceptors (Lipinski definition) is 4. The van der Waals surface area contributed by atoms with Gasteiger partial charge in [-0.2, -0.15) is 0 Å². The largest absolute Gasteiger partial charge is 0.366 e. The van der Waals surface area contributed by atoms with Crippen LogP contribution < -0.4 is 10.6 Å². The monoisotopic (exact) mass is 200 g/mol. The van der Waals surface area contributed by atoms with Gasteiger partial charge < -0.3 is 15.5 Å². The number of imide groups is 1. The lowest BCUT2D eigenvalue weighted by atomic mass is 9.79. The van der Waals surface area contributed by atoms with Crippen molar-refractivity contribution in [3.05, 3.63) is 0 Å². The molecule has 0 atom stereocenters. The summed E-state index contributed by atoms with van der Waals surface area (Å²) in [6, 6.07) is -0.502. The standard InChI is InChI=1S/C8H12N2O4/c11-5-7(10-6(12)9-5)1-3-8(13,14)4-2-7/h13-14H,1-4H2,(H2,9,10,11,12). The maximum absolute atomic E-state index is 11.4. The van der Waals surface area contributed by atoms with Gasteiger partial charge in [-0.3, -0.25) is 10.1 Å². The van der Waals surface area contributed by atoms with E-state index in [1.165, 1.54) is 0 Å². The van der Waals surface area contributed by atoms with Crippen LogP contribution in [-0.4, -0.2) is 33.5 Å². The molecule has 2 rings (SSSR count). The van der Waals surface area contributed by atoms with Crippen LogP contribution in [0.4, 0.5) is 4.79 Å². The minimum Gasteiger partial charge on any atom is -0.366 e. The second kappa shape index (κ2) is 2.68. The molecule has 1 aliphatic heterocycles. The lowest BCUT2D eigenvalue weighted by Gasteiger charge is -2.36. The van der Waals surface area contributed by atoms with E-state index in [0.717, 1.165) is 0 Å². The predicted molar refractivity (Wildman–Crippen MR) is 45.0 cm³/mol. The summed E-state index contributed by atoms with van der Waals surface area (Å²) in [5.74, 6) is -2.06. The Morgan fingerprint density at radius 2 is 1.64 bits per heavy atom. The van der Waals surface area contributed by atoms with Gasteiger partial charge in [0.05, 0.1) is 0 Å². The number of hydrogen-bond donors (Lipinski definition) is 4. The van der Waals surface area contributed by atoms with E-state index in [4.69, 9.17) is 0 Å². The predicted octanol–water partition coefficient (Wildman–Crippen LogP) is -1.18. The summed E-state index contributed by atoms with van der Waals surface area (Å²) in [4.78, 5) is 22.3. The summed E-state index contributed by atoms with van der Waals surface area (Å²) in [6.07, 6.45) is 0.719. The summed E-state index contributed by atoms with van der Waals surface area (Å²) >= 11 is 0. The van der Waals surface area contributed by atoms with Crippen LogP contribution in [0.1, 0.15) is 25.7 Å². The quantitative estimate of drug-likeness (QED) is 0.292. The normalized spacial score (nSPS) is 28.7. The number of rotatable bonds is 0. The van der Waals surface area contributed by atoms with Crippen LogP contribution >= 0.6 is 0 Å². The molecule has 1 heterocycles. The molecule has 0 unspecified atom stereocenters. The Balaban J connectivity index is 2.13. The second-order valence-corrected chi connectivity index (χ2v) is 3.97. The third-order valence-electron chi connectivity index (χ3n) is 2.92. The molecule has 4 N–H and O–H groups in total. The van der Waals surface area contributed by atoms with Gasteiger partial charge >= 0.3 is 6.03 Å². The number of aliphatic hydroxyl groups is 2. The topological polar surface area (TPSA) is 98.7 Å². The number of carbonyl (C=O) groups excluding carboxylic acids is 2. The van der Waals surface area contributed by atoms with Gasteiger partial charge in [-0.1, -0.05) is 0 Å². The summed E-state index contributed by atoms with van der Waals surface area (Å²) in [5.41, 5.74) is -0.911.